The molecule has 0 radical (unpaired) electrons. The van der Waals surface area contributed by atoms with E-state index in [1.54, 1.807) is 12.2 Å². The van der Waals surface area contributed by atoms with E-state index >= 15 is 0 Å². The summed E-state index contributed by atoms with van der Waals surface area (Å²) in [4.78, 5) is 3.74. The lowest BCUT2D eigenvalue weighted by molar-refractivity contribution is -0.144. The predicted octanol–water partition coefficient (Wildman–Crippen LogP) is 6.66. The zero-order chi connectivity index (χ0) is 32.9. The Morgan fingerprint density at radius 1 is 1.02 bits per heavy atom. The molecule has 1 saturated heterocycles. The van der Waals surface area contributed by atoms with E-state index in [-0.39, 0.29) is 42.2 Å². The number of allylic oxidation sites excluding steroid dienone is 4. The van der Waals surface area contributed by atoms with Gasteiger partial charge in [-0.1, -0.05) is 25.2 Å². The van der Waals surface area contributed by atoms with Crippen molar-refractivity contribution in [2.24, 2.45) is 28.0 Å². The van der Waals surface area contributed by atoms with Crippen molar-refractivity contribution < 1.29 is 35.1 Å². The van der Waals surface area contributed by atoms with Gasteiger partial charge >= 0.3 is 12.4 Å². The monoisotopic (exact) mass is 646 g/mol. The molecule has 248 valence electrons. The van der Waals surface area contributed by atoms with E-state index in [0.717, 1.165) is 23.7 Å². The van der Waals surface area contributed by atoms with Crippen LogP contribution in [0.15, 0.2) is 58.2 Å². The van der Waals surface area contributed by atoms with E-state index in [1.165, 1.54) is 37.3 Å². The summed E-state index contributed by atoms with van der Waals surface area (Å²) in [5, 5.41) is 4.84. The van der Waals surface area contributed by atoms with Gasteiger partial charge in [-0.2, -0.15) is 26.3 Å². The molecule has 14 heteroatoms. The van der Waals surface area contributed by atoms with Gasteiger partial charge in [-0.3, -0.25) is 4.90 Å². The molecule has 2 saturated carbocycles. The van der Waals surface area contributed by atoms with Crippen LogP contribution in [0, 0.1) is 11.3 Å². The number of guanidine groups is 1. The van der Waals surface area contributed by atoms with E-state index < -0.39 is 36.4 Å². The van der Waals surface area contributed by atoms with Crippen LogP contribution in [0.5, 0.6) is 0 Å². The molecular formula is C31H38F8N6. The highest BCUT2D eigenvalue weighted by Gasteiger charge is 2.65. The zero-order valence-corrected chi connectivity index (χ0v) is 25.1. The van der Waals surface area contributed by atoms with Crippen LogP contribution in [0.25, 0.3) is 0 Å². The van der Waals surface area contributed by atoms with Crippen LogP contribution in [-0.2, 0) is 18.9 Å². The third-order valence-electron chi connectivity index (χ3n) is 9.93. The van der Waals surface area contributed by atoms with Crippen molar-refractivity contribution in [1.82, 2.24) is 14.9 Å². The third-order valence-corrected chi connectivity index (χ3v) is 9.93. The van der Waals surface area contributed by atoms with Gasteiger partial charge in [-0.05, 0) is 84.9 Å². The highest BCUT2D eigenvalue weighted by molar-refractivity contribution is 5.78. The molecule has 0 aromatic heterocycles. The molecular weight excluding hydrogens is 608 g/mol. The summed E-state index contributed by atoms with van der Waals surface area (Å²) < 4.78 is 109. The van der Waals surface area contributed by atoms with Crippen LogP contribution in [0.4, 0.5) is 35.1 Å². The fourth-order valence-electron chi connectivity index (χ4n) is 7.70. The molecule has 3 fully saturated rings. The van der Waals surface area contributed by atoms with Crippen molar-refractivity contribution in [3.63, 3.8) is 0 Å². The molecule has 4 N–H and O–H groups in total. The minimum absolute atomic E-state index is 0.0620. The number of benzene rings is 1. The lowest BCUT2D eigenvalue weighted by atomic mass is 9.55. The molecule has 1 aliphatic heterocycles. The van der Waals surface area contributed by atoms with Crippen LogP contribution in [0.2, 0.25) is 0 Å². The molecule has 1 spiro atoms. The Kier molecular flexibility index (Phi) is 9.04. The molecule has 4 aliphatic rings. The van der Waals surface area contributed by atoms with Gasteiger partial charge < -0.3 is 10.6 Å². The Bertz CT molecular complexity index is 1360. The number of hydrazine groups is 1. The number of hydrazone groups is 1. The highest BCUT2D eigenvalue weighted by atomic mass is 19.4. The molecule has 4 unspecified atom stereocenters. The molecule has 1 heterocycles. The summed E-state index contributed by atoms with van der Waals surface area (Å²) in [5.74, 6) is 6.11. The molecule has 3 aliphatic carbocycles. The topological polar surface area (TPSA) is 74.1 Å². The highest BCUT2D eigenvalue weighted by Crippen LogP contribution is 2.65. The van der Waals surface area contributed by atoms with E-state index in [0.29, 0.717) is 41.5 Å². The van der Waals surface area contributed by atoms with Crippen molar-refractivity contribution in [3.8, 4) is 0 Å². The Labute approximate surface area is 257 Å². The number of hydrogen-bond donors (Lipinski definition) is 2. The first-order valence-electron chi connectivity index (χ1n) is 15.0. The molecule has 0 amide bonds. The van der Waals surface area contributed by atoms with Crippen molar-refractivity contribution in [2.45, 2.75) is 82.9 Å². The Morgan fingerprint density at radius 2 is 1.69 bits per heavy atom. The van der Waals surface area contributed by atoms with Crippen LogP contribution < -0.4 is 11.6 Å². The van der Waals surface area contributed by atoms with Gasteiger partial charge in [-0.15, -0.1) is 5.10 Å². The van der Waals surface area contributed by atoms with Gasteiger partial charge in [0.25, 0.3) is 6.43 Å². The van der Waals surface area contributed by atoms with Gasteiger partial charge in [0.1, 0.15) is 0 Å². The number of alkyl halides is 8. The van der Waals surface area contributed by atoms with Gasteiger partial charge in [0, 0.05) is 44.2 Å². The Morgan fingerprint density at radius 3 is 2.22 bits per heavy atom. The lowest BCUT2D eigenvalue weighted by Gasteiger charge is -2.64. The summed E-state index contributed by atoms with van der Waals surface area (Å²) >= 11 is 0. The molecule has 0 bridgehead atoms. The summed E-state index contributed by atoms with van der Waals surface area (Å²) in [5.41, 5.74) is 4.60. The first-order valence-corrected chi connectivity index (χ1v) is 15.0. The van der Waals surface area contributed by atoms with E-state index in [4.69, 9.17) is 11.6 Å². The Hall–Kier alpha value is -3.13. The number of hydrogen-bond acceptors (Lipinski definition) is 4. The average molecular weight is 647 g/mol. The fourth-order valence-corrected chi connectivity index (χ4v) is 7.70. The van der Waals surface area contributed by atoms with E-state index in [1.807, 2.05) is 6.92 Å². The second kappa shape index (κ2) is 12.2. The van der Waals surface area contributed by atoms with Crippen molar-refractivity contribution >= 4 is 5.96 Å². The molecule has 1 aromatic carbocycles. The normalized spacial score (nSPS) is 26.1. The van der Waals surface area contributed by atoms with E-state index in [9.17, 15) is 35.1 Å². The first-order chi connectivity index (χ1) is 21.0. The number of rotatable bonds is 9. The minimum atomic E-state index is -5.03. The van der Waals surface area contributed by atoms with Crippen molar-refractivity contribution in [3.05, 3.63) is 69.8 Å². The maximum atomic E-state index is 13.9. The summed E-state index contributed by atoms with van der Waals surface area (Å²) in [6.45, 7) is 2.33. The number of nitrogens with zero attached hydrogens (tertiary/aromatic N) is 4. The maximum Gasteiger partial charge on any atom is 0.416 e. The van der Waals surface area contributed by atoms with Crippen LogP contribution in [0.3, 0.4) is 0 Å². The number of nitrogens with two attached hydrogens (primary N) is 2. The molecule has 5 rings (SSSR count). The molecule has 4 atom stereocenters. The largest absolute Gasteiger partial charge is 0.416 e. The molecule has 1 aromatic rings. The number of halogens is 8. The van der Waals surface area contributed by atoms with Crippen molar-refractivity contribution in [2.75, 3.05) is 20.1 Å². The second-order valence-electron chi connectivity index (χ2n) is 12.6. The van der Waals surface area contributed by atoms with Crippen molar-refractivity contribution in [1.29, 1.82) is 0 Å². The van der Waals surface area contributed by atoms with Crippen LogP contribution >= 0.6 is 0 Å². The standard InChI is InChI=1S/C31H38F8N6/c1-3-25(45-17-29-11-10-21(29)7-9-26(29)45)24-8-6-19(27(32)33)4-5-20(24)16-44(28(40)42-43(2)41)15-18-12-22(30(34,35)36)14-23(13-18)31(37,38)39/h5-6,8,12-14,21,25-27H,3-4,7,9-11,15-17,41H2,1-2H3,(H2,40,42). The Balaban J connectivity index is 1.50. The smallest absolute Gasteiger partial charge is 0.368 e. The third kappa shape index (κ3) is 6.58. The molecule has 45 heavy (non-hydrogen) atoms. The number of likely N-dealkylation sites (tertiary alicyclic amines) is 1. The quantitative estimate of drug-likeness (QED) is 0.103. The van der Waals surface area contributed by atoms with Gasteiger partial charge in [0.15, 0.2) is 0 Å². The SMILES string of the molecule is CCC(C1=CC=C(C(F)F)CC=C1CN(Cc1cc(C(F)(F)F)cc(C(F)(F)F)c1)/C(N)=N/N(C)N)N1CC23CCC2CCC13. The fraction of sp³-hybridized carbons (Fsp3) is 0.581. The predicted molar refractivity (Wildman–Crippen MR) is 154 cm³/mol. The summed E-state index contributed by atoms with van der Waals surface area (Å²) in [6, 6.07) is 1.61. The zero-order valence-electron chi connectivity index (χ0n) is 25.1. The summed E-state index contributed by atoms with van der Waals surface area (Å²) in [7, 11) is 1.36. The van der Waals surface area contributed by atoms with E-state index in [2.05, 4.69) is 10.0 Å². The average Bonchev–Trinajstić information content (AvgIpc) is 3.03. The second-order valence-corrected chi connectivity index (χ2v) is 12.6. The maximum absolute atomic E-state index is 13.9. The minimum Gasteiger partial charge on any atom is -0.368 e. The summed E-state index contributed by atoms with van der Waals surface area (Å²) in [6.07, 6.45) is -2.78. The van der Waals surface area contributed by atoms with Gasteiger partial charge in [0.05, 0.1) is 11.1 Å². The molecule has 6 nitrogen and oxygen atoms in total. The lowest BCUT2D eigenvalue weighted by Crippen LogP contribution is -2.69. The van der Waals surface area contributed by atoms with Crippen LogP contribution in [0.1, 0.15) is 62.1 Å². The first kappa shape index (κ1) is 33.2. The van der Waals surface area contributed by atoms with Gasteiger partial charge in [0.2, 0.25) is 5.96 Å². The van der Waals surface area contributed by atoms with Crippen LogP contribution in [-0.4, -0.2) is 59.5 Å². The van der Waals surface area contributed by atoms with Gasteiger partial charge in [-0.25, -0.2) is 19.7 Å².